The summed E-state index contributed by atoms with van der Waals surface area (Å²) in [5.41, 5.74) is 11.1. The van der Waals surface area contributed by atoms with Crippen molar-refractivity contribution < 1.29 is 23.4 Å². The maximum Gasteiger partial charge on any atom is 0.357 e. The summed E-state index contributed by atoms with van der Waals surface area (Å²) in [7, 11) is 0.900. The van der Waals surface area contributed by atoms with Gasteiger partial charge in [-0.2, -0.15) is 0 Å². The summed E-state index contributed by atoms with van der Waals surface area (Å²) in [5.74, 6) is -0.497. The van der Waals surface area contributed by atoms with Gasteiger partial charge < -0.3 is 18.6 Å². The number of carbonyl (C=O) groups is 1. The standard InChI is InChI=1S/C22H33N5O5SSi/c1-9-31-20(28)17-13-33-19(25-17)14-10-11-15(21(29-5)30-6)24-18(14)16(26-27-23)12-32-34(7,8)22(2,3)4/h10-11,13,16,21H,9,12H2,1-8H3. The molecular formula is C22H33N5O5SSi. The van der Waals surface area contributed by atoms with Crippen LogP contribution >= 0.6 is 11.3 Å². The van der Waals surface area contributed by atoms with Gasteiger partial charge in [-0.3, -0.25) is 4.98 Å². The average Bonchev–Trinajstić information content (AvgIpc) is 3.27. The Kier molecular flexibility index (Phi) is 9.74. The Hall–Kier alpha value is -2.34. The van der Waals surface area contributed by atoms with Crippen LogP contribution in [0.15, 0.2) is 22.6 Å². The fourth-order valence-electron chi connectivity index (χ4n) is 2.82. The number of hydrogen-bond acceptors (Lipinski definition) is 9. The summed E-state index contributed by atoms with van der Waals surface area (Å²) >= 11 is 1.28. The third-order valence-corrected chi connectivity index (χ3v) is 11.1. The van der Waals surface area contributed by atoms with Gasteiger partial charge in [-0.25, -0.2) is 9.78 Å². The second-order valence-corrected chi connectivity index (χ2v) is 14.7. The maximum absolute atomic E-state index is 12.1. The van der Waals surface area contributed by atoms with Crippen LogP contribution in [-0.2, 0) is 18.6 Å². The normalized spacial score (nSPS) is 13.0. The molecule has 1 atom stereocenters. The molecule has 2 heterocycles. The first-order chi connectivity index (χ1) is 16.0. The highest BCUT2D eigenvalue weighted by Crippen LogP contribution is 2.39. The van der Waals surface area contributed by atoms with E-state index in [4.69, 9.17) is 23.6 Å². The van der Waals surface area contributed by atoms with Crippen LogP contribution in [0.1, 0.15) is 61.9 Å². The highest BCUT2D eigenvalue weighted by Gasteiger charge is 2.38. The number of azide groups is 1. The fourth-order valence-corrected chi connectivity index (χ4v) is 4.65. The lowest BCUT2D eigenvalue weighted by molar-refractivity contribution is -0.108. The van der Waals surface area contributed by atoms with E-state index < -0.39 is 26.6 Å². The third-order valence-electron chi connectivity index (χ3n) is 5.75. The van der Waals surface area contributed by atoms with Crippen LogP contribution in [0.2, 0.25) is 18.1 Å². The Morgan fingerprint density at radius 3 is 2.47 bits per heavy atom. The molecule has 2 rings (SSSR count). The van der Waals surface area contributed by atoms with Crippen LogP contribution in [0.25, 0.3) is 21.0 Å². The molecule has 0 saturated carbocycles. The minimum Gasteiger partial charge on any atom is -0.461 e. The molecule has 0 aromatic carbocycles. The lowest BCUT2D eigenvalue weighted by Gasteiger charge is -2.37. The molecule has 186 valence electrons. The minimum absolute atomic E-state index is 0.0208. The Balaban J connectivity index is 2.57. The molecule has 0 aliphatic carbocycles. The number of ether oxygens (including phenoxy) is 3. The third kappa shape index (κ3) is 6.62. The van der Waals surface area contributed by atoms with E-state index in [9.17, 15) is 10.3 Å². The van der Waals surface area contributed by atoms with E-state index in [1.807, 2.05) is 6.07 Å². The molecule has 12 heteroatoms. The van der Waals surface area contributed by atoms with E-state index in [2.05, 4.69) is 48.9 Å². The summed E-state index contributed by atoms with van der Waals surface area (Å²) in [5, 5.41) is 6.17. The van der Waals surface area contributed by atoms with Crippen LogP contribution in [-0.4, -0.2) is 51.7 Å². The van der Waals surface area contributed by atoms with Crippen molar-refractivity contribution in [2.75, 3.05) is 27.4 Å². The first kappa shape index (κ1) is 27.9. The zero-order chi connectivity index (χ0) is 25.5. The molecule has 0 spiro atoms. The average molecular weight is 508 g/mol. The summed E-state index contributed by atoms with van der Waals surface area (Å²) in [6.07, 6.45) is -0.702. The second kappa shape index (κ2) is 11.9. The van der Waals surface area contributed by atoms with Crippen molar-refractivity contribution in [3.05, 3.63) is 45.0 Å². The van der Waals surface area contributed by atoms with Crippen LogP contribution < -0.4 is 0 Å². The van der Waals surface area contributed by atoms with Crippen molar-refractivity contribution in [1.82, 2.24) is 9.97 Å². The van der Waals surface area contributed by atoms with Crippen LogP contribution in [0.4, 0.5) is 0 Å². The van der Waals surface area contributed by atoms with Gasteiger partial charge in [0, 0.05) is 36.7 Å². The van der Waals surface area contributed by atoms with Gasteiger partial charge in [0.1, 0.15) is 11.0 Å². The molecule has 0 saturated heterocycles. The zero-order valence-corrected chi connectivity index (χ0v) is 22.8. The molecule has 0 aliphatic rings. The molecule has 1 unspecified atom stereocenters. The number of methoxy groups -OCH3 is 2. The summed E-state index contributed by atoms with van der Waals surface area (Å²) in [4.78, 5) is 24.4. The quantitative estimate of drug-likeness (QED) is 0.0904. The van der Waals surface area contributed by atoms with Gasteiger partial charge in [-0.15, -0.1) is 11.3 Å². The van der Waals surface area contributed by atoms with E-state index in [0.717, 1.165) is 0 Å². The van der Waals surface area contributed by atoms with Gasteiger partial charge in [-0.1, -0.05) is 25.9 Å². The molecular weight excluding hydrogens is 474 g/mol. The van der Waals surface area contributed by atoms with E-state index in [0.29, 0.717) is 22.0 Å². The molecule has 0 fully saturated rings. The van der Waals surface area contributed by atoms with Gasteiger partial charge >= 0.3 is 5.97 Å². The number of hydrogen-bond donors (Lipinski definition) is 0. The summed E-state index contributed by atoms with van der Waals surface area (Å²) in [6.45, 7) is 12.8. The molecule has 34 heavy (non-hydrogen) atoms. The lowest BCUT2D eigenvalue weighted by atomic mass is 10.1. The van der Waals surface area contributed by atoms with Crippen LogP contribution in [0.3, 0.4) is 0 Å². The highest BCUT2D eigenvalue weighted by molar-refractivity contribution is 7.13. The number of pyridine rings is 1. The fraction of sp³-hybridized carbons (Fsp3) is 0.591. The number of nitrogens with zero attached hydrogens (tertiary/aromatic N) is 5. The Morgan fingerprint density at radius 2 is 1.91 bits per heavy atom. The predicted octanol–water partition coefficient (Wildman–Crippen LogP) is 6.05. The molecule has 0 aliphatic heterocycles. The van der Waals surface area contributed by atoms with Crippen molar-refractivity contribution in [3.8, 4) is 10.6 Å². The van der Waals surface area contributed by atoms with E-state index in [1.54, 1.807) is 18.4 Å². The van der Waals surface area contributed by atoms with Crippen molar-refractivity contribution in [3.63, 3.8) is 0 Å². The summed E-state index contributed by atoms with van der Waals surface area (Å²) < 4.78 is 22.1. The van der Waals surface area contributed by atoms with Crippen molar-refractivity contribution in [1.29, 1.82) is 0 Å². The first-order valence-corrected chi connectivity index (χ1v) is 14.7. The minimum atomic E-state index is -2.13. The van der Waals surface area contributed by atoms with Gasteiger partial charge in [-0.05, 0) is 42.7 Å². The SMILES string of the molecule is CCOC(=O)c1csc(-c2ccc(C(OC)OC)nc2C(CO[Si](C)(C)C(C)(C)C)N=[N+]=[N-])n1. The molecule has 0 radical (unpaired) electrons. The van der Waals surface area contributed by atoms with E-state index in [1.165, 1.54) is 25.6 Å². The molecule has 0 N–H and O–H groups in total. The molecule has 0 amide bonds. The van der Waals surface area contributed by atoms with Crippen LogP contribution in [0.5, 0.6) is 0 Å². The van der Waals surface area contributed by atoms with Gasteiger partial charge in [0.05, 0.1) is 18.0 Å². The van der Waals surface area contributed by atoms with Crippen molar-refractivity contribution >= 4 is 25.6 Å². The van der Waals surface area contributed by atoms with Crippen molar-refractivity contribution in [2.45, 2.75) is 58.2 Å². The summed E-state index contributed by atoms with van der Waals surface area (Å²) in [6, 6.07) is 2.84. The predicted molar refractivity (Wildman–Crippen MR) is 133 cm³/mol. The van der Waals surface area contributed by atoms with Gasteiger partial charge in [0.25, 0.3) is 0 Å². The highest BCUT2D eigenvalue weighted by atomic mass is 32.1. The van der Waals surface area contributed by atoms with Gasteiger partial charge in [0.2, 0.25) is 6.29 Å². The number of esters is 1. The maximum atomic E-state index is 12.1. The van der Waals surface area contributed by atoms with Crippen molar-refractivity contribution in [2.24, 2.45) is 5.11 Å². The number of carbonyl (C=O) groups excluding carboxylic acids is 1. The Bertz CT molecular complexity index is 1030. The topological polar surface area (TPSA) is 129 Å². The second-order valence-electron chi connectivity index (χ2n) is 9.02. The number of rotatable bonds is 11. The molecule has 0 bridgehead atoms. The number of thiazole rings is 1. The number of aromatic nitrogens is 2. The lowest BCUT2D eigenvalue weighted by Crippen LogP contribution is -2.41. The van der Waals surface area contributed by atoms with Crippen LogP contribution in [0, 0.1) is 0 Å². The molecule has 2 aromatic heterocycles. The van der Waals surface area contributed by atoms with Gasteiger partial charge in [0.15, 0.2) is 14.0 Å². The Morgan fingerprint density at radius 1 is 1.24 bits per heavy atom. The molecule has 2 aromatic rings. The molecule has 10 nitrogen and oxygen atoms in total. The smallest absolute Gasteiger partial charge is 0.357 e. The Labute approximate surface area is 205 Å². The largest absolute Gasteiger partial charge is 0.461 e. The van der Waals surface area contributed by atoms with E-state index >= 15 is 0 Å². The first-order valence-electron chi connectivity index (χ1n) is 10.9. The monoisotopic (exact) mass is 507 g/mol. The zero-order valence-electron chi connectivity index (χ0n) is 21.0. The van der Waals surface area contributed by atoms with E-state index in [-0.39, 0.29) is 23.9 Å².